The topological polar surface area (TPSA) is 92.4 Å². The second-order valence-corrected chi connectivity index (χ2v) is 9.35. The first-order valence-corrected chi connectivity index (χ1v) is 12.4. The number of hydrogen-bond acceptors (Lipinski definition) is 6. The summed E-state index contributed by atoms with van der Waals surface area (Å²) >= 11 is 0. The van der Waals surface area contributed by atoms with Crippen LogP contribution in [0.2, 0.25) is 0 Å². The third kappa shape index (κ3) is 4.79. The van der Waals surface area contributed by atoms with E-state index in [1.54, 1.807) is 29.9 Å². The summed E-state index contributed by atoms with van der Waals surface area (Å²) in [5, 5.41) is 0.473. The minimum atomic E-state index is -0.619. The molecule has 0 saturated carbocycles. The zero-order valence-corrected chi connectivity index (χ0v) is 21.2. The van der Waals surface area contributed by atoms with Crippen molar-refractivity contribution in [3.05, 3.63) is 92.8 Å². The van der Waals surface area contributed by atoms with Crippen LogP contribution in [0.1, 0.15) is 49.9 Å². The van der Waals surface area contributed by atoms with Gasteiger partial charge in [0.1, 0.15) is 11.6 Å². The highest BCUT2D eigenvalue weighted by molar-refractivity contribution is 6.01. The zero-order valence-electron chi connectivity index (χ0n) is 21.2. The van der Waals surface area contributed by atoms with Crippen LogP contribution in [0.5, 0.6) is 5.75 Å². The summed E-state index contributed by atoms with van der Waals surface area (Å²) in [6, 6.07) is 14.5. The van der Waals surface area contributed by atoms with Crippen molar-refractivity contribution in [2.24, 2.45) is 0 Å². The molecule has 0 N–H and O–H groups in total. The molecule has 4 aromatic rings. The van der Waals surface area contributed by atoms with E-state index < -0.39 is 5.97 Å². The molecule has 0 amide bonds. The highest BCUT2D eigenvalue weighted by Crippen LogP contribution is 2.20. The van der Waals surface area contributed by atoms with Gasteiger partial charge in [0, 0.05) is 36.5 Å². The Hall–Kier alpha value is -4.20. The van der Waals surface area contributed by atoms with Gasteiger partial charge in [0.15, 0.2) is 6.61 Å². The maximum Gasteiger partial charge on any atom is 0.338 e. The summed E-state index contributed by atoms with van der Waals surface area (Å²) in [4.78, 5) is 42.8. The fourth-order valence-electron chi connectivity index (χ4n) is 4.96. The minimum absolute atomic E-state index is 0.0880. The molecule has 0 spiro atoms. The van der Waals surface area contributed by atoms with Crippen LogP contribution in [0, 0.1) is 13.8 Å². The van der Waals surface area contributed by atoms with E-state index in [0.717, 1.165) is 48.8 Å². The monoisotopic (exact) mass is 499 g/mol. The standard InChI is InChI=1S/C29H29N3O5/c1-18-15-24(19(2)31(18)14-12-20-6-9-22(36-3)10-7-20)26(33)17-37-29(35)21-8-11-23-25(16-21)30-27-5-4-13-32(27)28(23)34/h6-11,15-16H,4-5,12-14,17H2,1-3H3. The van der Waals surface area contributed by atoms with Gasteiger partial charge in [0.2, 0.25) is 5.78 Å². The Morgan fingerprint density at radius 3 is 2.59 bits per heavy atom. The van der Waals surface area contributed by atoms with Gasteiger partial charge in [-0.25, -0.2) is 9.78 Å². The maximum atomic E-state index is 12.9. The predicted octanol–water partition coefficient (Wildman–Crippen LogP) is 4.05. The Bertz CT molecular complexity index is 1560. The smallest absolute Gasteiger partial charge is 0.338 e. The first-order valence-electron chi connectivity index (χ1n) is 12.4. The van der Waals surface area contributed by atoms with E-state index in [0.29, 0.717) is 23.0 Å². The molecule has 8 nitrogen and oxygen atoms in total. The van der Waals surface area contributed by atoms with Crippen LogP contribution in [-0.2, 0) is 30.7 Å². The van der Waals surface area contributed by atoms with Crippen molar-refractivity contribution in [3.8, 4) is 5.75 Å². The fraction of sp³-hybridized carbons (Fsp3) is 0.310. The Labute approximate surface area is 214 Å². The number of ether oxygens (including phenoxy) is 2. The lowest BCUT2D eigenvalue weighted by molar-refractivity contribution is 0.0474. The third-order valence-electron chi connectivity index (χ3n) is 7.04. The molecule has 8 heteroatoms. The second-order valence-electron chi connectivity index (χ2n) is 9.35. The normalized spacial score (nSPS) is 12.5. The number of benzene rings is 2. The van der Waals surface area contributed by atoms with Gasteiger partial charge in [0.25, 0.3) is 5.56 Å². The van der Waals surface area contributed by atoms with Crippen molar-refractivity contribution in [1.29, 1.82) is 0 Å². The number of aryl methyl sites for hydroxylation is 3. The number of hydrogen-bond donors (Lipinski definition) is 0. The van der Waals surface area contributed by atoms with Gasteiger partial charge in [-0.2, -0.15) is 0 Å². The fourth-order valence-corrected chi connectivity index (χ4v) is 4.96. The maximum absolute atomic E-state index is 12.9. The average molecular weight is 500 g/mol. The molecular formula is C29H29N3O5. The number of methoxy groups -OCH3 is 1. The Morgan fingerprint density at radius 2 is 1.84 bits per heavy atom. The molecule has 2 aromatic carbocycles. The largest absolute Gasteiger partial charge is 0.497 e. The van der Waals surface area contributed by atoms with Gasteiger partial charge in [-0.3, -0.25) is 14.2 Å². The minimum Gasteiger partial charge on any atom is -0.497 e. The van der Waals surface area contributed by atoms with Gasteiger partial charge < -0.3 is 14.0 Å². The highest BCUT2D eigenvalue weighted by Gasteiger charge is 2.20. The summed E-state index contributed by atoms with van der Waals surface area (Å²) in [5.74, 6) is 0.677. The lowest BCUT2D eigenvalue weighted by Gasteiger charge is -2.11. The van der Waals surface area contributed by atoms with Crippen molar-refractivity contribution < 1.29 is 19.1 Å². The first kappa shape index (κ1) is 24.5. The number of aromatic nitrogens is 3. The van der Waals surface area contributed by atoms with E-state index in [2.05, 4.69) is 9.55 Å². The summed E-state index contributed by atoms with van der Waals surface area (Å²) in [5.41, 5.74) is 4.18. The van der Waals surface area contributed by atoms with E-state index in [9.17, 15) is 14.4 Å². The van der Waals surface area contributed by atoms with E-state index >= 15 is 0 Å². The molecule has 1 aliphatic heterocycles. The van der Waals surface area contributed by atoms with Crippen molar-refractivity contribution in [2.45, 2.75) is 46.2 Å². The molecule has 0 atom stereocenters. The van der Waals surface area contributed by atoms with Crippen molar-refractivity contribution in [1.82, 2.24) is 14.1 Å². The van der Waals surface area contributed by atoms with Crippen molar-refractivity contribution >= 4 is 22.7 Å². The number of fused-ring (bicyclic) bond motifs is 2. The molecular weight excluding hydrogens is 470 g/mol. The van der Waals surface area contributed by atoms with E-state index in [1.807, 2.05) is 44.2 Å². The Balaban J connectivity index is 1.25. The predicted molar refractivity (Wildman–Crippen MR) is 140 cm³/mol. The molecule has 0 radical (unpaired) electrons. The van der Waals surface area contributed by atoms with Gasteiger partial charge in [-0.15, -0.1) is 0 Å². The van der Waals surface area contributed by atoms with Crippen LogP contribution in [0.25, 0.3) is 10.9 Å². The first-order chi connectivity index (χ1) is 17.9. The Morgan fingerprint density at radius 1 is 1.05 bits per heavy atom. The van der Waals surface area contributed by atoms with E-state index in [1.165, 1.54) is 5.56 Å². The van der Waals surface area contributed by atoms with E-state index in [4.69, 9.17) is 9.47 Å². The molecule has 1 aliphatic rings. The molecule has 3 heterocycles. The third-order valence-corrected chi connectivity index (χ3v) is 7.04. The molecule has 0 unspecified atom stereocenters. The number of ketones is 1. The van der Waals surface area contributed by atoms with Crippen LogP contribution in [0.15, 0.2) is 53.3 Å². The van der Waals surface area contributed by atoms with Gasteiger partial charge in [0.05, 0.1) is 23.6 Å². The Kier molecular flexibility index (Phi) is 6.65. The van der Waals surface area contributed by atoms with Crippen molar-refractivity contribution in [2.75, 3.05) is 13.7 Å². The number of Topliss-reactive ketones (excluding diaryl/α,β-unsaturated/α-hetero) is 1. The molecule has 190 valence electrons. The molecule has 0 aliphatic carbocycles. The number of rotatable bonds is 8. The quantitative estimate of drug-likeness (QED) is 0.268. The number of carbonyl (C=O) groups excluding carboxylic acids is 2. The molecule has 5 rings (SSSR count). The van der Waals surface area contributed by atoms with Crippen LogP contribution in [0.3, 0.4) is 0 Å². The molecule has 0 saturated heterocycles. The number of carbonyl (C=O) groups is 2. The molecule has 0 fully saturated rings. The SMILES string of the molecule is COc1ccc(CCn2c(C)cc(C(=O)COC(=O)c3ccc4c(=O)n5c(nc4c3)CCC5)c2C)cc1. The van der Waals surface area contributed by atoms with Gasteiger partial charge in [-0.1, -0.05) is 12.1 Å². The molecule has 37 heavy (non-hydrogen) atoms. The number of nitrogens with zero attached hydrogens (tertiary/aromatic N) is 3. The lowest BCUT2D eigenvalue weighted by Crippen LogP contribution is -2.21. The summed E-state index contributed by atoms with van der Waals surface area (Å²) < 4.78 is 14.4. The van der Waals surface area contributed by atoms with Crippen LogP contribution in [0.4, 0.5) is 0 Å². The summed E-state index contributed by atoms with van der Waals surface area (Å²) in [6.45, 7) is 4.91. The second kappa shape index (κ2) is 10.0. The van der Waals surface area contributed by atoms with Crippen LogP contribution < -0.4 is 10.3 Å². The molecule has 2 aromatic heterocycles. The molecule has 0 bridgehead atoms. The summed E-state index contributed by atoms with van der Waals surface area (Å²) in [6.07, 6.45) is 2.44. The highest BCUT2D eigenvalue weighted by atomic mass is 16.5. The van der Waals surface area contributed by atoms with Gasteiger partial charge in [-0.05, 0) is 68.7 Å². The zero-order chi connectivity index (χ0) is 26.1. The van der Waals surface area contributed by atoms with Crippen molar-refractivity contribution in [3.63, 3.8) is 0 Å². The van der Waals surface area contributed by atoms with Crippen LogP contribution in [-0.4, -0.2) is 39.6 Å². The van der Waals surface area contributed by atoms with E-state index in [-0.39, 0.29) is 23.5 Å². The van der Waals surface area contributed by atoms with Crippen LogP contribution >= 0.6 is 0 Å². The average Bonchev–Trinajstić information content (AvgIpc) is 3.50. The lowest BCUT2D eigenvalue weighted by atomic mass is 10.1. The number of esters is 1. The summed E-state index contributed by atoms with van der Waals surface area (Å²) in [7, 11) is 1.64. The van der Waals surface area contributed by atoms with Gasteiger partial charge >= 0.3 is 5.97 Å².